The highest BCUT2D eigenvalue weighted by atomic mass is 19.1. The molecule has 0 saturated carbocycles. The monoisotopic (exact) mass is 266 g/mol. The Labute approximate surface area is 108 Å². The summed E-state index contributed by atoms with van der Waals surface area (Å²) < 4.78 is 28.2. The van der Waals surface area contributed by atoms with Gasteiger partial charge in [-0.1, -0.05) is 6.07 Å². The molecule has 0 unspecified atom stereocenters. The van der Waals surface area contributed by atoms with Gasteiger partial charge in [0.2, 0.25) is 0 Å². The molecule has 0 aliphatic carbocycles. The number of nitrogen functional groups attached to an aromatic ring is 1. The fraction of sp³-hybridized carbons (Fsp3) is 0.167. The number of benzene rings is 1. The number of rotatable bonds is 3. The van der Waals surface area contributed by atoms with Gasteiger partial charge in [-0.05, 0) is 12.1 Å². The smallest absolute Gasteiger partial charge is 0.257 e. The third-order valence-electron chi connectivity index (χ3n) is 2.69. The number of nitrogens with zero attached hydrogens (tertiary/aromatic N) is 2. The van der Waals surface area contributed by atoms with Crippen molar-refractivity contribution < 1.29 is 13.6 Å². The molecule has 100 valence electrons. The first kappa shape index (κ1) is 13.0. The van der Waals surface area contributed by atoms with Crippen LogP contribution in [0.2, 0.25) is 0 Å². The van der Waals surface area contributed by atoms with Gasteiger partial charge in [-0.15, -0.1) is 0 Å². The molecule has 0 fully saturated rings. The van der Waals surface area contributed by atoms with Crippen LogP contribution in [0.25, 0.3) is 0 Å². The number of nitrogens with two attached hydrogens (primary N) is 1. The Bertz CT molecular complexity index is 604. The first-order valence-corrected chi connectivity index (χ1v) is 5.49. The second-order valence-electron chi connectivity index (χ2n) is 3.96. The predicted molar refractivity (Wildman–Crippen MR) is 65.1 cm³/mol. The van der Waals surface area contributed by atoms with Crippen LogP contribution in [-0.2, 0) is 13.6 Å². The van der Waals surface area contributed by atoms with E-state index >= 15 is 0 Å². The van der Waals surface area contributed by atoms with Gasteiger partial charge in [0.1, 0.15) is 23.0 Å². The zero-order valence-corrected chi connectivity index (χ0v) is 10.2. The topological polar surface area (TPSA) is 72.9 Å². The zero-order valence-electron chi connectivity index (χ0n) is 10.2. The van der Waals surface area contributed by atoms with E-state index in [2.05, 4.69) is 10.4 Å². The van der Waals surface area contributed by atoms with Gasteiger partial charge < -0.3 is 11.1 Å². The fourth-order valence-corrected chi connectivity index (χ4v) is 1.61. The van der Waals surface area contributed by atoms with E-state index in [0.29, 0.717) is 11.4 Å². The molecule has 1 aromatic heterocycles. The van der Waals surface area contributed by atoms with Crippen LogP contribution < -0.4 is 11.1 Å². The molecule has 0 aliphatic rings. The normalized spacial score (nSPS) is 10.5. The summed E-state index contributed by atoms with van der Waals surface area (Å²) in [7, 11) is 1.65. The largest absolute Gasteiger partial charge is 0.384 e. The van der Waals surface area contributed by atoms with E-state index < -0.39 is 23.1 Å². The molecule has 0 spiro atoms. The van der Waals surface area contributed by atoms with E-state index in [1.807, 2.05) is 0 Å². The number of anilines is 1. The average molecular weight is 266 g/mol. The number of amides is 1. The van der Waals surface area contributed by atoms with E-state index in [1.165, 1.54) is 16.9 Å². The molecule has 19 heavy (non-hydrogen) atoms. The Balaban J connectivity index is 2.12. The number of hydrogen-bond acceptors (Lipinski definition) is 3. The molecule has 5 nitrogen and oxygen atoms in total. The fourth-order valence-electron chi connectivity index (χ4n) is 1.61. The van der Waals surface area contributed by atoms with Crippen molar-refractivity contribution in [3.63, 3.8) is 0 Å². The summed E-state index contributed by atoms with van der Waals surface area (Å²) in [6.07, 6.45) is 1.48. The van der Waals surface area contributed by atoms with Gasteiger partial charge in [0.25, 0.3) is 5.91 Å². The maximum atomic E-state index is 13.4. The summed E-state index contributed by atoms with van der Waals surface area (Å²) >= 11 is 0. The Morgan fingerprint density at radius 2 is 2.05 bits per heavy atom. The number of nitrogens with one attached hydrogen (secondary N) is 1. The number of carbonyl (C=O) groups is 1. The second kappa shape index (κ2) is 5.05. The van der Waals surface area contributed by atoms with Crippen molar-refractivity contribution >= 4 is 11.7 Å². The molecule has 1 heterocycles. The second-order valence-corrected chi connectivity index (χ2v) is 3.96. The van der Waals surface area contributed by atoms with E-state index in [-0.39, 0.29) is 6.54 Å². The average Bonchev–Trinajstić information content (AvgIpc) is 2.67. The highest BCUT2D eigenvalue weighted by molar-refractivity contribution is 5.94. The van der Waals surface area contributed by atoms with E-state index in [9.17, 15) is 13.6 Å². The van der Waals surface area contributed by atoms with Crippen molar-refractivity contribution in [1.82, 2.24) is 15.1 Å². The van der Waals surface area contributed by atoms with Crippen LogP contribution in [0.5, 0.6) is 0 Å². The molecular formula is C12H12F2N4O. The molecule has 0 bridgehead atoms. The molecule has 0 saturated heterocycles. The minimum absolute atomic E-state index is 0.0479. The Kier molecular flexibility index (Phi) is 3.46. The predicted octanol–water partition coefficient (Wildman–Crippen LogP) is 1.21. The molecule has 2 aromatic rings. The van der Waals surface area contributed by atoms with Crippen LogP contribution in [0.1, 0.15) is 15.9 Å². The number of halogens is 2. The van der Waals surface area contributed by atoms with Crippen LogP contribution in [0.4, 0.5) is 14.6 Å². The van der Waals surface area contributed by atoms with Gasteiger partial charge in [0.15, 0.2) is 0 Å². The molecule has 2 rings (SSSR count). The molecule has 0 aliphatic heterocycles. The quantitative estimate of drug-likeness (QED) is 0.877. The number of aromatic nitrogens is 2. The van der Waals surface area contributed by atoms with Crippen molar-refractivity contribution in [1.29, 1.82) is 0 Å². The molecule has 0 radical (unpaired) electrons. The Hall–Kier alpha value is -2.44. The molecule has 1 aromatic carbocycles. The number of aryl methyl sites for hydroxylation is 1. The summed E-state index contributed by atoms with van der Waals surface area (Å²) in [4.78, 5) is 11.7. The van der Waals surface area contributed by atoms with E-state index in [1.54, 1.807) is 7.05 Å². The SMILES string of the molecule is Cn1ncc(CNC(=O)c2c(F)cccc2F)c1N. The van der Waals surface area contributed by atoms with Crippen molar-refractivity contribution in [3.8, 4) is 0 Å². The van der Waals surface area contributed by atoms with E-state index in [0.717, 1.165) is 12.1 Å². The van der Waals surface area contributed by atoms with Gasteiger partial charge in [-0.3, -0.25) is 9.48 Å². The molecular weight excluding hydrogens is 254 g/mol. The maximum absolute atomic E-state index is 13.4. The van der Waals surface area contributed by atoms with Gasteiger partial charge in [0, 0.05) is 19.2 Å². The molecule has 1 amide bonds. The minimum Gasteiger partial charge on any atom is -0.384 e. The summed E-state index contributed by atoms with van der Waals surface area (Å²) in [6, 6.07) is 3.24. The lowest BCUT2D eigenvalue weighted by atomic mass is 10.2. The third-order valence-corrected chi connectivity index (χ3v) is 2.69. The molecule has 3 N–H and O–H groups in total. The van der Waals surface area contributed by atoms with Crippen LogP contribution in [0.15, 0.2) is 24.4 Å². The van der Waals surface area contributed by atoms with Crippen LogP contribution in [0.3, 0.4) is 0 Å². The standard InChI is InChI=1S/C12H12F2N4O/c1-18-11(15)7(6-17-18)5-16-12(19)10-8(13)3-2-4-9(10)14/h2-4,6H,5,15H2,1H3,(H,16,19). The zero-order chi connectivity index (χ0) is 14.0. The number of carbonyl (C=O) groups excluding carboxylic acids is 1. The lowest BCUT2D eigenvalue weighted by Gasteiger charge is -2.06. The van der Waals surface area contributed by atoms with Crippen molar-refractivity contribution in [2.45, 2.75) is 6.54 Å². The van der Waals surface area contributed by atoms with Crippen LogP contribution in [0, 0.1) is 11.6 Å². The van der Waals surface area contributed by atoms with Crippen molar-refractivity contribution in [2.75, 3.05) is 5.73 Å². The highest BCUT2D eigenvalue weighted by Crippen LogP contribution is 2.13. The van der Waals surface area contributed by atoms with E-state index in [4.69, 9.17) is 5.73 Å². The van der Waals surface area contributed by atoms with Crippen molar-refractivity contribution in [2.24, 2.45) is 7.05 Å². The van der Waals surface area contributed by atoms with Gasteiger partial charge >= 0.3 is 0 Å². The van der Waals surface area contributed by atoms with Gasteiger partial charge in [0.05, 0.1) is 6.20 Å². The lowest BCUT2D eigenvalue weighted by Crippen LogP contribution is -2.25. The Morgan fingerprint density at radius 3 is 2.58 bits per heavy atom. The highest BCUT2D eigenvalue weighted by Gasteiger charge is 2.17. The lowest BCUT2D eigenvalue weighted by molar-refractivity contribution is 0.0942. The van der Waals surface area contributed by atoms with Crippen molar-refractivity contribution in [3.05, 3.63) is 47.2 Å². The molecule has 0 atom stereocenters. The summed E-state index contributed by atoms with van der Waals surface area (Å²) in [5.41, 5.74) is 5.66. The number of hydrogen-bond donors (Lipinski definition) is 2. The molecule has 7 heteroatoms. The van der Waals surface area contributed by atoms with Gasteiger partial charge in [-0.25, -0.2) is 8.78 Å². The Morgan fingerprint density at radius 1 is 1.42 bits per heavy atom. The van der Waals surface area contributed by atoms with Crippen LogP contribution >= 0.6 is 0 Å². The third kappa shape index (κ3) is 2.54. The maximum Gasteiger partial charge on any atom is 0.257 e. The first-order chi connectivity index (χ1) is 9.00. The first-order valence-electron chi connectivity index (χ1n) is 5.49. The summed E-state index contributed by atoms with van der Waals surface area (Å²) in [5, 5.41) is 6.29. The summed E-state index contributed by atoms with van der Waals surface area (Å²) in [6.45, 7) is 0.0479. The minimum atomic E-state index is -0.906. The summed E-state index contributed by atoms with van der Waals surface area (Å²) in [5.74, 6) is -2.26. The van der Waals surface area contributed by atoms with Gasteiger partial charge in [-0.2, -0.15) is 5.10 Å². The van der Waals surface area contributed by atoms with Crippen LogP contribution in [-0.4, -0.2) is 15.7 Å².